The van der Waals surface area contributed by atoms with E-state index >= 15 is 0 Å². The smallest absolute Gasteiger partial charge is 0.161 e. The maximum Gasteiger partial charge on any atom is 0.161 e. The highest BCUT2D eigenvalue weighted by molar-refractivity contribution is 5.43. The second-order valence-electron chi connectivity index (χ2n) is 6.67. The van der Waals surface area contributed by atoms with Crippen molar-refractivity contribution in [1.29, 1.82) is 0 Å². The summed E-state index contributed by atoms with van der Waals surface area (Å²) in [6, 6.07) is 13.1. The van der Waals surface area contributed by atoms with E-state index in [1.165, 1.54) is 0 Å². The summed E-state index contributed by atoms with van der Waals surface area (Å²) in [5.41, 5.74) is 1.06. The lowest BCUT2D eigenvalue weighted by atomic mass is 10.2. The van der Waals surface area contributed by atoms with E-state index in [1.807, 2.05) is 48.3 Å². The minimum absolute atomic E-state index is 0.200. The highest BCUT2D eigenvalue weighted by atomic mass is 16.5. The van der Waals surface area contributed by atoms with Gasteiger partial charge in [-0.05, 0) is 36.9 Å². The Kier molecular flexibility index (Phi) is 9.56. The Morgan fingerprint density at radius 1 is 0.897 bits per heavy atom. The molecule has 0 heterocycles. The van der Waals surface area contributed by atoms with E-state index in [0.29, 0.717) is 43.6 Å². The highest BCUT2D eigenvalue weighted by Gasteiger charge is 2.12. The fourth-order valence-corrected chi connectivity index (χ4v) is 2.84. The monoisotopic (exact) mass is 405 g/mol. The number of rotatable bonds is 13. The summed E-state index contributed by atoms with van der Waals surface area (Å²) in [4.78, 5) is 2.03. The van der Waals surface area contributed by atoms with Crippen molar-refractivity contribution in [2.24, 2.45) is 0 Å². The first-order chi connectivity index (χ1) is 14.0. The maximum atomic E-state index is 10.3. The zero-order chi connectivity index (χ0) is 21.1. The van der Waals surface area contributed by atoms with E-state index < -0.39 is 6.10 Å². The van der Waals surface area contributed by atoms with E-state index in [4.69, 9.17) is 23.7 Å². The number of likely N-dealkylation sites (N-methyl/N-ethyl adjacent to an activating group) is 1. The molecule has 0 unspecified atom stereocenters. The van der Waals surface area contributed by atoms with E-state index in [2.05, 4.69) is 0 Å². The lowest BCUT2D eigenvalue weighted by Gasteiger charge is -2.21. The van der Waals surface area contributed by atoms with Crippen molar-refractivity contribution in [1.82, 2.24) is 4.90 Å². The van der Waals surface area contributed by atoms with Crippen LogP contribution in [0.3, 0.4) is 0 Å². The standard InChI is InChI=1S/C22H31NO6/c1-23(15-18(24)16-29-20-7-5-6-19(13-20)26-3)14-17-8-9-21(27-4)22(12-17)28-11-10-25-2/h5-9,12-13,18,24H,10-11,14-16H2,1-4H3/t18-/m0/s1. The summed E-state index contributed by atoms with van der Waals surface area (Å²) in [7, 11) is 6.80. The number of hydrogen-bond acceptors (Lipinski definition) is 7. The zero-order valence-electron chi connectivity index (χ0n) is 17.6. The van der Waals surface area contributed by atoms with E-state index in [-0.39, 0.29) is 6.61 Å². The highest BCUT2D eigenvalue weighted by Crippen LogP contribution is 2.28. The number of benzene rings is 2. The van der Waals surface area contributed by atoms with Crippen molar-refractivity contribution >= 4 is 0 Å². The topological polar surface area (TPSA) is 69.6 Å². The molecule has 2 aromatic rings. The Hall–Kier alpha value is -2.48. The van der Waals surface area contributed by atoms with Crippen LogP contribution in [-0.2, 0) is 11.3 Å². The quantitative estimate of drug-likeness (QED) is 0.514. The van der Waals surface area contributed by atoms with Crippen LogP contribution in [0.15, 0.2) is 42.5 Å². The second kappa shape index (κ2) is 12.2. The molecule has 0 spiro atoms. The van der Waals surface area contributed by atoms with Crippen molar-refractivity contribution in [3.8, 4) is 23.0 Å². The first-order valence-corrected chi connectivity index (χ1v) is 9.47. The van der Waals surface area contributed by atoms with Crippen LogP contribution < -0.4 is 18.9 Å². The first-order valence-electron chi connectivity index (χ1n) is 9.47. The number of hydrogen-bond donors (Lipinski definition) is 1. The summed E-state index contributed by atoms with van der Waals surface area (Å²) >= 11 is 0. The molecule has 2 aromatic carbocycles. The van der Waals surface area contributed by atoms with Crippen molar-refractivity contribution in [3.05, 3.63) is 48.0 Å². The predicted octanol–water partition coefficient (Wildman–Crippen LogP) is 2.60. The van der Waals surface area contributed by atoms with Gasteiger partial charge in [-0.15, -0.1) is 0 Å². The Balaban J connectivity index is 1.85. The minimum atomic E-state index is -0.623. The van der Waals surface area contributed by atoms with Crippen LogP contribution in [0.1, 0.15) is 5.56 Å². The average molecular weight is 405 g/mol. The van der Waals surface area contributed by atoms with Crippen LogP contribution in [0.4, 0.5) is 0 Å². The number of nitrogens with zero attached hydrogens (tertiary/aromatic N) is 1. The molecule has 0 aliphatic rings. The summed E-state index contributed by atoms with van der Waals surface area (Å²) in [6.45, 7) is 2.28. The van der Waals surface area contributed by atoms with Gasteiger partial charge in [-0.3, -0.25) is 4.90 Å². The van der Waals surface area contributed by atoms with Gasteiger partial charge >= 0.3 is 0 Å². The predicted molar refractivity (Wildman–Crippen MR) is 111 cm³/mol. The molecule has 0 saturated heterocycles. The van der Waals surface area contributed by atoms with Gasteiger partial charge in [0.15, 0.2) is 11.5 Å². The summed E-state index contributed by atoms with van der Waals surface area (Å²) in [5, 5.41) is 10.3. The van der Waals surface area contributed by atoms with Crippen molar-refractivity contribution in [2.75, 3.05) is 54.7 Å². The van der Waals surface area contributed by atoms with Gasteiger partial charge in [-0.2, -0.15) is 0 Å². The molecular formula is C22H31NO6. The number of aliphatic hydroxyl groups excluding tert-OH is 1. The van der Waals surface area contributed by atoms with Gasteiger partial charge in [0.1, 0.15) is 30.8 Å². The Morgan fingerprint density at radius 3 is 2.41 bits per heavy atom. The van der Waals surface area contributed by atoms with Crippen molar-refractivity contribution in [2.45, 2.75) is 12.6 Å². The lowest BCUT2D eigenvalue weighted by molar-refractivity contribution is 0.0742. The average Bonchev–Trinajstić information content (AvgIpc) is 2.72. The van der Waals surface area contributed by atoms with Gasteiger partial charge in [0.05, 0.1) is 20.8 Å². The van der Waals surface area contributed by atoms with Gasteiger partial charge < -0.3 is 28.8 Å². The van der Waals surface area contributed by atoms with Gasteiger partial charge in [-0.1, -0.05) is 12.1 Å². The third-order valence-electron chi connectivity index (χ3n) is 4.23. The summed E-state index contributed by atoms with van der Waals surface area (Å²) in [5.74, 6) is 2.74. The fourth-order valence-electron chi connectivity index (χ4n) is 2.84. The number of methoxy groups -OCH3 is 3. The van der Waals surface area contributed by atoms with E-state index in [0.717, 1.165) is 11.3 Å². The third-order valence-corrected chi connectivity index (χ3v) is 4.23. The molecule has 0 aromatic heterocycles. The molecule has 0 fully saturated rings. The summed E-state index contributed by atoms with van der Waals surface area (Å²) in [6.07, 6.45) is -0.623. The molecule has 29 heavy (non-hydrogen) atoms. The molecule has 1 atom stereocenters. The Bertz CT molecular complexity index is 739. The summed E-state index contributed by atoms with van der Waals surface area (Å²) < 4.78 is 26.9. The van der Waals surface area contributed by atoms with Crippen molar-refractivity contribution < 1.29 is 28.8 Å². The van der Waals surface area contributed by atoms with Crippen LogP contribution in [0.25, 0.3) is 0 Å². The lowest BCUT2D eigenvalue weighted by Crippen LogP contribution is -2.32. The molecule has 0 aliphatic heterocycles. The largest absolute Gasteiger partial charge is 0.497 e. The van der Waals surface area contributed by atoms with Gasteiger partial charge in [0.2, 0.25) is 0 Å². The van der Waals surface area contributed by atoms with E-state index in [1.54, 1.807) is 27.4 Å². The van der Waals surface area contributed by atoms with Crippen LogP contribution in [0.2, 0.25) is 0 Å². The van der Waals surface area contributed by atoms with Crippen LogP contribution in [0, 0.1) is 0 Å². The van der Waals surface area contributed by atoms with E-state index in [9.17, 15) is 5.11 Å². The van der Waals surface area contributed by atoms with Crippen LogP contribution >= 0.6 is 0 Å². The zero-order valence-corrected chi connectivity index (χ0v) is 17.6. The molecule has 1 N–H and O–H groups in total. The SMILES string of the molecule is COCCOc1cc(CN(C)C[C@H](O)COc2cccc(OC)c2)ccc1OC. The van der Waals surface area contributed by atoms with Crippen LogP contribution in [0.5, 0.6) is 23.0 Å². The molecule has 0 amide bonds. The third kappa shape index (κ3) is 7.81. The van der Waals surface area contributed by atoms with Crippen molar-refractivity contribution in [3.63, 3.8) is 0 Å². The normalized spacial score (nSPS) is 11.9. The Morgan fingerprint density at radius 2 is 1.69 bits per heavy atom. The fraction of sp³-hybridized carbons (Fsp3) is 0.455. The molecule has 0 saturated carbocycles. The molecule has 2 rings (SSSR count). The number of ether oxygens (including phenoxy) is 5. The van der Waals surface area contributed by atoms with Crippen LogP contribution in [-0.4, -0.2) is 70.9 Å². The second-order valence-corrected chi connectivity index (χ2v) is 6.67. The van der Waals surface area contributed by atoms with Gasteiger partial charge in [0, 0.05) is 26.3 Å². The maximum absolute atomic E-state index is 10.3. The Labute approximate surface area is 172 Å². The molecule has 0 aliphatic carbocycles. The van der Waals surface area contributed by atoms with Gasteiger partial charge in [-0.25, -0.2) is 0 Å². The minimum Gasteiger partial charge on any atom is -0.497 e. The van der Waals surface area contributed by atoms with Gasteiger partial charge in [0.25, 0.3) is 0 Å². The molecule has 7 nitrogen and oxygen atoms in total. The molecular weight excluding hydrogens is 374 g/mol. The number of aliphatic hydroxyl groups is 1. The molecule has 0 radical (unpaired) electrons. The molecule has 7 heteroatoms. The molecule has 0 bridgehead atoms. The molecule has 160 valence electrons. The first kappa shape index (κ1) is 22.8.